The molecule has 0 aliphatic rings. The second-order valence-electron chi connectivity index (χ2n) is 8.48. The normalized spacial score (nSPS) is 12.0. The number of anilines is 2. The molecule has 0 aliphatic heterocycles. The van der Waals surface area contributed by atoms with Crippen LogP contribution in [0.15, 0.2) is 58.3 Å². The molecule has 8 heteroatoms. The lowest BCUT2D eigenvalue weighted by Gasteiger charge is -2.26. The predicted octanol–water partition coefficient (Wildman–Crippen LogP) is 5.16. The lowest BCUT2D eigenvalue weighted by Crippen LogP contribution is -2.29. The van der Waals surface area contributed by atoms with Gasteiger partial charge in [0.1, 0.15) is 0 Å². The zero-order valence-electron chi connectivity index (χ0n) is 20.0. The summed E-state index contributed by atoms with van der Waals surface area (Å²) in [5, 5.41) is 0. The third-order valence-corrected chi connectivity index (χ3v) is 9.17. The molecule has 3 aromatic carbocycles. The smallest absolute Gasteiger partial charge is 0.264 e. The minimum atomic E-state index is -3.99. The fraction of sp³-hybridized carbons (Fsp3) is 0.280. The molecule has 0 radical (unpaired) electrons. The number of benzene rings is 3. The molecule has 0 atom stereocenters. The number of hydrogen-bond donors (Lipinski definition) is 1. The van der Waals surface area contributed by atoms with Crippen molar-refractivity contribution < 1.29 is 16.8 Å². The molecule has 0 aromatic heterocycles. The molecule has 6 nitrogen and oxygen atoms in total. The van der Waals surface area contributed by atoms with Crippen molar-refractivity contribution in [3.63, 3.8) is 0 Å². The summed E-state index contributed by atoms with van der Waals surface area (Å²) >= 11 is 0. The predicted molar refractivity (Wildman–Crippen MR) is 134 cm³/mol. The first kappa shape index (κ1) is 24.8. The molecule has 0 saturated carbocycles. The number of nitrogens with zero attached hydrogens (tertiary/aromatic N) is 1. The Bertz CT molecular complexity index is 1410. The van der Waals surface area contributed by atoms with E-state index < -0.39 is 20.0 Å². The molecule has 0 heterocycles. The highest BCUT2D eigenvalue weighted by Gasteiger charge is 2.29. The van der Waals surface area contributed by atoms with Gasteiger partial charge >= 0.3 is 0 Å². The fourth-order valence-corrected chi connectivity index (χ4v) is 7.47. The van der Waals surface area contributed by atoms with Gasteiger partial charge in [0.25, 0.3) is 20.0 Å². The zero-order valence-corrected chi connectivity index (χ0v) is 21.6. The van der Waals surface area contributed by atoms with Gasteiger partial charge in [-0.25, -0.2) is 16.8 Å². The van der Waals surface area contributed by atoms with Crippen LogP contribution in [0.1, 0.15) is 33.4 Å². The molecular weight excluding hydrogens is 456 g/mol. The highest BCUT2D eigenvalue weighted by atomic mass is 32.2. The number of aryl methyl sites for hydroxylation is 5. The maximum atomic E-state index is 13.6. The van der Waals surface area contributed by atoms with E-state index in [0.717, 1.165) is 21.0 Å². The van der Waals surface area contributed by atoms with E-state index in [1.54, 1.807) is 45.0 Å². The highest BCUT2D eigenvalue weighted by molar-refractivity contribution is 7.93. The van der Waals surface area contributed by atoms with Crippen LogP contribution in [0.2, 0.25) is 0 Å². The van der Waals surface area contributed by atoms with Crippen LogP contribution in [-0.2, 0) is 20.0 Å². The van der Waals surface area contributed by atoms with Crippen LogP contribution >= 0.6 is 0 Å². The van der Waals surface area contributed by atoms with E-state index in [1.807, 2.05) is 32.9 Å². The van der Waals surface area contributed by atoms with E-state index >= 15 is 0 Å². The van der Waals surface area contributed by atoms with Crippen molar-refractivity contribution in [2.24, 2.45) is 0 Å². The SMILES string of the molecule is Cc1cc(C)c(NS(=O)(=O)c2c(C)cc(C)c(N(C)S(=O)(=O)c3ccccc3)c2C)c(C)c1. The largest absolute Gasteiger partial charge is 0.279 e. The monoisotopic (exact) mass is 486 g/mol. The van der Waals surface area contributed by atoms with Crippen LogP contribution in [0, 0.1) is 41.5 Å². The summed E-state index contributed by atoms with van der Waals surface area (Å²) in [7, 11) is -6.41. The second kappa shape index (κ2) is 8.83. The van der Waals surface area contributed by atoms with Gasteiger partial charge in [-0.3, -0.25) is 9.03 Å². The fourth-order valence-electron chi connectivity index (χ4n) is 4.45. The van der Waals surface area contributed by atoms with E-state index in [1.165, 1.54) is 19.2 Å². The summed E-state index contributed by atoms with van der Waals surface area (Å²) < 4.78 is 57.5. The minimum absolute atomic E-state index is 0.0811. The molecule has 3 rings (SSSR count). The third-order valence-electron chi connectivity index (χ3n) is 5.76. The van der Waals surface area contributed by atoms with Gasteiger partial charge in [-0.05, 0) is 81.5 Å². The second-order valence-corrected chi connectivity index (χ2v) is 12.1. The summed E-state index contributed by atoms with van der Waals surface area (Å²) in [5.41, 5.74) is 5.18. The van der Waals surface area contributed by atoms with E-state index in [9.17, 15) is 16.8 Å². The highest BCUT2D eigenvalue weighted by Crippen LogP contribution is 2.36. The van der Waals surface area contributed by atoms with Crippen molar-refractivity contribution in [2.45, 2.75) is 51.3 Å². The number of sulfonamides is 2. The Balaban J connectivity index is 2.17. The summed E-state index contributed by atoms with van der Waals surface area (Å²) in [6, 6.07) is 13.6. The van der Waals surface area contributed by atoms with Gasteiger partial charge in [0.2, 0.25) is 0 Å². The van der Waals surface area contributed by atoms with Crippen molar-refractivity contribution in [2.75, 3.05) is 16.1 Å². The molecule has 1 N–H and O–H groups in total. The zero-order chi connectivity index (χ0) is 24.7. The topological polar surface area (TPSA) is 83.6 Å². The maximum Gasteiger partial charge on any atom is 0.264 e. The molecule has 3 aromatic rings. The van der Waals surface area contributed by atoms with E-state index in [0.29, 0.717) is 28.1 Å². The van der Waals surface area contributed by atoms with Gasteiger partial charge in [-0.1, -0.05) is 42.0 Å². The Hall–Kier alpha value is -2.84. The first-order chi connectivity index (χ1) is 15.3. The standard InChI is InChI=1S/C25H30N2O4S2/c1-16-13-17(2)23(18(3)14-16)26-32(28,29)25-20(5)15-19(4)24(21(25)6)27(7)33(30,31)22-11-9-8-10-12-22/h8-15,26H,1-7H3. The van der Waals surface area contributed by atoms with Gasteiger partial charge < -0.3 is 0 Å². The van der Waals surface area contributed by atoms with Crippen molar-refractivity contribution in [3.05, 3.63) is 81.9 Å². The van der Waals surface area contributed by atoms with Gasteiger partial charge in [-0.15, -0.1) is 0 Å². The first-order valence-electron chi connectivity index (χ1n) is 10.5. The molecule has 33 heavy (non-hydrogen) atoms. The molecule has 0 aliphatic carbocycles. The van der Waals surface area contributed by atoms with Crippen LogP contribution in [0.25, 0.3) is 0 Å². The van der Waals surface area contributed by atoms with Gasteiger partial charge in [0.15, 0.2) is 0 Å². The van der Waals surface area contributed by atoms with Crippen LogP contribution in [0.3, 0.4) is 0 Å². The third kappa shape index (κ3) is 4.63. The van der Waals surface area contributed by atoms with E-state index in [-0.39, 0.29) is 9.79 Å². The van der Waals surface area contributed by atoms with Gasteiger partial charge in [0, 0.05) is 7.05 Å². The van der Waals surface area contributed by atoms with Crippen molar-refractivity contribution >= 4 is 31.4 Å². The summed E-state index contributed by atoms with van der Waals surface area (Å²) in [6.07, 6.45) is 0. The molecule has 0 fully saturated rings. The Labute approximate surface area is 197 Å². The molecular formula is C25H30N2O4S2. The van der Waals surface area contributed by atoms with E-state index in [4.69, 9.17) is 0 Å². The van der Waals surface area contributed by atoms with Crippen LogP contribution < -0.4 is 9.03 Å². The number of rotatable bonds is 6. The molecule has 0 amide bonds. The molecule has 0 bridgehead atoms. The lowest BCUT2D eigenvalue weighted by molar-refractivity contribution is 0.592. The number of hydrogen-bond acceptors (Lipinski definition) is 4. The Morgan fingerprint density at radius 3 is 1.82 bits per heavy atom. The van der Waals surface area contributed by atoms with Crippen molar-refractivity contribution in [1.82, 2.24) is 0 Å². The summed E-state index contributed by atoms with van der Waals surface area (Å²) in [6.45, 7) is 10.8. The van der Waals surface area contributed by atoms with Gasteiger partial charge in [-0.2, -0.15) is 0 Å². The first-order valence-corrected chi connectivity index (χ1v) is 13.4. The lowest BCUT2D eigenvalue weighted by atomic mass is 10.1. The Kier molecular flexibility index (Phi) is 6.64. The van der Waals surface area contributed by atoms with E-state index in [2.05, 4.69) is 4.72 Å². The van der Waals surface area contributed by atoms with Crippen LogP contribution in [-0.4, -0.2) is 23.9 Å². The van der Waals surface area contributed by atoms with Crippen molar-refractivity contribution in [1.29, 1.82) is 0 Å². The molecule has 0 saturated heterocycles. The maximum absolute atomic E-state index is 13.6. The summed E-state index contributed by atoms with van der Waals surface area (Å²) in [4.78, 5) is 0.220. The van der Waals surface area contributed by atoms with Gasteiger partial charge in [0.05, 0.1) is 21.2 Å². The quantitative estimate of drug-likeness (QED) is 0.521. The summed E-state index contributed by atoms with van der Waals surface area (Å²) in [5.74, 6) is 0. The average Bonchev–Trinajstić information content (AvgIpc) is 2.70. The Morgan fingerprint density at radius 2 is 1.27 bits per heavy atom. The molecule has 176 valence electrons. The van der Waals surface area contributed by atoms with Crippen molar-refractivity contribution in [3.8, 4) is 0 Å². The minimum Gasteiger partial charge on any atom is -0.279 e. The van der Waals surface area contributed by atoms with Crippen LogP contribution in [0.5, 0.6) is 0 Å². The van der Waals surface area contributed by atoms with Crippen LogP contribution in [0.4, 0.5) is 11.4 Å². The number of nitrogens with one attached hydrogen (secondary N) is 1. The molecule has 0 unspecified atom stereocenters. The molecule has 0 spiro atoms. The Morgan fingerprint density at radius 1 is 0.727 bits per heavy atom. The average molecular weight is 487 g/mol.